The second kappa shape index (κ2) is 10.0. The van der Waals surface area contributed by atoms with Crippen molar-refractivity contribution in [1.82, 2.24) is 0 Å². The Labute approximate surface area is 192 Å². The van der Waals surface area contributed by atoms with Gasteiger partial charge in [0.05, 0.1) is 5.56 Å². The van der Waals surface area contributed by atoms with Crippen molar-refractivity contribution >= 4 is 14.6 Å². The lowest BCUT2D eigenvalue weighted by molar-refractivity contribution is 0.112. The maximum atomic E-state index is 11.9. The molecule has 3 aromatic carbocycles. The van der Waals surface area contributed by atoms with Gasteiger partial charge in [0, 0.05) is 0 Å². The van der Waals surface area contributed by atoms with E-state index in [-0.39, 0.29) is 5.04 Å². The van der Waals surface area contributed by atoms with Gasteiger partial charge in [-0.3, -0.25) is 4.79 Å². The summed E-state index contributed by atoms with van der Waals surface area (Å²) in [5.74, 6) is 1.50. The molecule has 32 heavy (non-hydrogen) atoms. The zero-order chi connectivity index (χ0) is 23.2. The van der Waals surface area contributed by atoms with Crippen molar-refractivity contribution in [3.63, 3.8) is 0 Å². The van der Waals surface area contributed by atoms with E-state index in [4.69, 9.17) is 13.9 Å². The molecule has 168 valence electrons. The van der Waals surface area contributed by atoms with E-state index < -0.39 is 8.32 Å². The largest absolute Gasteiger partial charge is 0.540 e. The van der Waals surface area contributed by atoms with E-state index in [0.29, 0.717) is 36.0 Å². The summed E-state index contributed by atoms with van der Waals surface area (Å²) in [6, 6.07) is 23.4. The molecule has 5 heteroatoms. The van der Waals surface area contributed by atoms with E-state index in [0.717, 1.165) is 17.4 Å². The van der Waals surface area contributed by atoms with Crippen LogP contribution >= 0.6 is 0 Å². The Kier molecular flexibility index (Phi) is 7.41. The van der Waals surface area contributed by atoms with Crippen molar-refractivity contribution in [3.8, 4) is 17.2 Å². The van der Waals surface area contributed by atoms with Crippen LogP contribution < -0.4 is 13.9 Å². The smallest absolute Gasteiger partial charge is 0.250 e. The second-order valence-corrected chi connectivity index (χ2v) is 14.1. The number of rotatable bonds is 9. The van der Waals surface area contributed by atoms with E-state index in [2.05, 4.69) is 33.9 Å². The Hall–Kier alpha value is -3.05. The van der Waals surface area contributed by atoms with Gasteiger partial charge < -0.3 is 13.9 Å². The van der Waals surface area contributed by atoms with Crippen LogP contribution in [0.1, 0.15) is 42.3 Å². The van der Waals surface area contributed by atoms with E-state index in [1.807, 2.05) is 60.7 Å². The van der Waals surface area contributed by atoms with Gasteiger partial charge in [0.25, 0.3) is 8.32 Å². The molecule has 0 unspecified atom stereocenters. The fourth-order valence-corrected chi connectivity index (χ4v) is 3.91. The first kappa shape index (κ1) is 23.6. The van der Waals surface area contributed by atoms with Gasteiger partial charge in [0.2, 0.25) is 5.75 Å². The fraction of sp³-hybridized carbons (Fsp3) is 0.296. The van der Waals surface area contributed by atoms with Gasteiger partial charge in [0.1, 0.15) is 13.2 Å². The minimum atomic E-state index is -2.24. The normalized spacial score (nSPS) is 11.7. The zero-order valence-electron chi connectivity index (χ0n) is 19.6. The lowest BCUT2D eigenvalue weighted by atomic mass is 10.2. The van der Waals surface area contributed by atoms with Crippen molar-refractivity contribution in [2.45, 2.75) is 52.1 Å². The second-order valence-electron chi connectivity index (χ2n) is 9.34. The monoisotopic (exact) mass is 448 g/mol. The number of hydrogen-bond acceptors (Lipinski definition) is 4. The summed E-state index contributed by atoms with van der Waals surface area (Å²) in [5.41, 5.74) is 2.54. The number of aldehydes is 1. The van der Waals surface area contributed by atoms with Crippen molar-refractivity contribution in [3.05, 3.63) is 89.5 Å². The minimum Gasteiger partial charge on any atom is -0.540 e. The molecule has 0 bridgehead atoms. The number of hydrogen-bond donors (Lipinski definition) is 0. The molecule has 0 atom stereocenters. The molecule has 0 heterocycles. The van der Waals surface area contributed by atoms with Gasteiger partial charge in [-0.05, 0) is 41.4 Å². The molecule has 4 nitrogen and oxygen atoms in total. The zero-order valence-corrected chi connectivity index (χ0v) is 20.6. The first-order valence-corrected chi connectivity index (χ1v) is 13.8. The fourth-order valence-electron chi connectivity index (χ4n) is 2.88. The van der Waals surface area contributed by atoms with Gasteiger partial charge in [-0.25, -0.2) is 0 Å². The summed E-state index contributed by atoms with van der Waals surface area (Å²) in [7, 11) is -2.24. The van der Waals surface area contributed by atoms with Gasteiger partial charge in [-0.2, -0.15) is 0 Å². The Morgan fingerprint density at radius 2 is 1.28 bits per heavy atom. The molecule has 0 amide bonds. The Morgan fingerprint density at radius 3 is 1.78 bits per heavy atom. The van der Waals surface area contributed by atoms with Gasteiger partial charge in [0.15, 0.2) is 17.8 Å². The van der Waals surface area contributed by atoms with Gasteiger partial charge in [-0.15, -0.1) is 0 Å². The highest BCUT2D eigenvalue weighted by atomic mass is 28.4. The summed E-state index contributed by atoms with van der Waals surface area (Å²) >= 11 is 0. The van der Waals surface area contributed by atoms with Crippen molar-refractivity contribution in [1.29, 1.82) is 0 Å². The molecular weight excluding hydrogens is 416 g/mol. The van der Waals surface area contributed by atoms with Gasteiger partial charge in [-0.1, -0.05) is 81.4 Å². The van der Waals surface area contributed by atoms with Crippen molar-refractivity contribution in [2.75, 3.05) is 0 Å². The molecule has 0 aromatic heterocycles. The number of carbonyl (C=O) groups is 1. The summed E-state index contributed by atoms with van der Waals surface area (Å²) in [5, 5.41) is -0.0369. The average Bonchev–Trinajstić information content (AvgIpc) is 2.77. The maximum Gasteiger partial charge on any atom is 0.250 e. The molecule has 0 saturated carbocycles. The topological polar surface area (TPSA) is 44.8 Å². The third kappa shape index (κ3) is 5.80. The third-order valence-electron chi connectivity index (χ3n) is 5.86. The SMILES string of the molecule is CC(C)(C)[Si](C)(C)Oc1c(C=O)ccc(OCc2ccccc2)c1OCc1ccccc1. The van der Waals surface area contributed by atoms with E-state index in [1.165, 1.54) is 0 Å². The molecule has 0 aliphatic heterocycles. The summed E-state index contributed by atoms with van der Waals surface area (Å²) in [6.45, 7) is 11.5. The molecule has 0 radical (unpaired) electrons. The maximum absolute atomic E-state index is 11.9. The van der Waals surface area contributed by atoms with E-state index in [9.17, 15) is 4.79 Å². The molecule has 3 aromatic rings. The average molecular weight is 449 g/mol. The third-order valence-corrected chi connectivity index (χ3v) is 10.2. The van der Waals surface area contributed by atoms with Crippen LogP contribution in [0, 0.1) is 0 Å². The first-order valence-electron chi connectivity index (χ1n) is 10.9. The highest BCUT2D eigenvalue weighted by molar-refractivity contribution is 6.74. The van der Waals surface area contributed by atoms with Gasteiger partial charge >= 0.3 is 0 Å². The Morgan fingerprint density at radius 1 is 0.750 bits per heavy atom. The first-order chi connectivity index (χ1) is 15.2. The molecule has 3 rings (SSSR count). The standard InChI is InChI=1S/C27H32O4Si/c1-27(2,3)32(4,5)31-25-23(18-28)16-17-24(29-19-21-12-8-6-9-13-21)26(25)30-20-22-14-10-7-11-15-22/h6-18H,19-20H2,1-5H3. The van der Waals surface area contributed by atoms with Crippen LogP contribution in [0.4, 0.5) is 0 Å². The molecular formula is C27H32O4Si. The van der Waals surface area contributed by atoms with Crippen LogP contribution in [-0.4, -0.2) is 14.6 Å². The van der Waals surface area contributed by atoms with Crippen molar-refractivity contribution < 1.29 is 18.7 Å². The van der Waals surface area contributed by atoms with Crippen LogP contribution in [0.3, 0.4) is 0 Å². The molecule has 0 aliphatic rings. The van der Waals surface area contributed by atoms with Crippen LogP contribution in [0.25, 0.3) is 0 Å². The highest BCUT2D eigenvalue weighted by Gasteiger charge is 2.40. The van der Waals surface area contributed by atoms with Crippen LogP contribution in [-0.2, 0) is 13.2 Å². The molecule has 0 N–H and O–H groups in total. The lowest BCUT2D eigenvalue weighted by Gasteiger charge is -2.37. The van der Waals surface area contributed by atoms with E-state index in [1.54, 1.807) is 12.1 Å². The summed E-state index contributed by atoms with van der Waals surface area (Å²) in [4.78, 5) is 11.9. The molecule has 0 fully saturated rings. The quantitative estimate of drug-likeness (QED) is 0.260. The van der Waals surface area contributed by atoms with E-state index >= 15 is 0 Å². The van der Waals surface area contributed by atoms with Crippen molar-refractivity contribution in [2.24, 2.45) is 0 Å². The van der Waals surface area contributed by atoms with Crippen LogP contribution in [0.5, 0.6) is 17.2 Å². The van der Waals surface area contributed by atoms with Crippen LogP contribution in [0.15, 0.2) is 72.8 Å². The molecule has 0 aliphatic carbocycles. The highest BCUT2D eigenvalue weighted by Crippen LogP contribution is 2.45. The van der Waals surface area contributed by atoms with Crippen LogP contribution in [0.2, 0.25) is 18.1 Å². The summed E-state index contributed by atoms with van der Waals surface area (Å²) in [6.07, 6.45) is 0.818. The lowest BCUT2D eigenvalue weighted by Crippen LogP contribution is -2.44. The number of carbonyl (C=O) groups excluding carboxylic acids is 1. The number of benzene rings is 3. The Balaban J connectivity index is 2.00. The Bertz CT molecular complexity index is 1020. The minimum absolute atomic E-state index is 0.0369. The number of ether oxygens (including phenoxy) is 2. The predicted molar refractivity (Wildman–Crippen MR) is 131 cm³/mol. The molecule has 0 saturated heterocycles. The predicted octanol–water partition coefficient (Wildman–Crippen LogP) is 7.04. The summed E-state index contributed by atoms with van der Waals surface area (Å²) < 4.78 is 19.0. The molecule has 0 spiro atoms.